The maximum Gasteiger partial charge on any atom is 0.131 e. The summed E-state index contributed by atoms with van der Waals surface area (Å²) < 4.78 is 0. The molecule has 1 saturated heterocycles. The van der Waals surface area contributed by atoms with Gasteiger partial charge in [0.05, 0.1) is 0 Å². The Balaban J connectivity index is 2.41. The average molecular weight is 141 g/mol. The molecule has 2 nitrogen and oxygen atoms in total. The van der Waals surface area contributed by atoms with Gasteiger partial charge in [-0.1, -0.05) is 13.5 Å². The summed E-state index contributed by atoms with van der Waals surface area (Å²) in [6, 6.07) is 0.384. The molecule has 2 unspecified atom stereocenters. The third-order valence-electron chi connectivity index (χ3n) is 2.16. The molecule has 10 heavy (non-hydrogen) atoms. The lowest BCUT2D eigenvalue weighted by Gasteiger charge is -2.45. The van der Waals surface area contributed by atoms with E-state index in [4.69, 9.17) is 0 Å². The molecule has 0 saturated carbocycles. The Morgan fingerprint density at radius 1 is 1.70 bits per heavy atom. The molecule has 1 aliphatic heterocycles. The van der Waals surface area contributed by atoms with E-state index in [0.29, 0.717) is 6.04 Å². The van der Waals surface area contributed by atoms with E-state index >= 15 is 0 Å². The van der Waals surface area contributed by atoms with Crippen molar-refractivity contribution >= 4 is 0 Å². The molecule has 0 spiro atoms. The van der Waals surface area contributed by atoms with Crippen LogP contribution in [0.2, 0.25) is 0 Å². The number of hydrogen-bond acceptors (Lipinski definition) is 2. The number of likely N-dealkylation sites (tertiary alicyclic amines) is 1. The van der Waals surface area contributed by atoms with Crippen LogP contribution in [0, 0.1) is 0 Å². The van der Waals surface area contributed by atoms with Gasteiger partial charge in [-0.3, -0.25) is 4.90 Å². The molecule has 0 aromatic carbocycles. The first kappa shape index (κ1) is 7.76. The van der Waals surface area contributed by atoms with Gasteiger partial charge >= 0.3 is 0 Å². The Labute approximate surface area is 62.2 Å². The fraction of sp³-hybridized carbons (Fsp3) is 0.750. The lowest BCUT2D eigenvalue weighted by atomic mass is 9.96. The highest BCUT2D eigenvalue weighted by atomic mass is 16.3. The summed E-state index contributed by atoms with van der Waals surface area (Å²) in [7, 11) is 0. The number of nitrogens with zero attached hydrogens (tertiary/aromatic N) is 1. The highest BCUT2D eigenvalue weighted by molar-refractivity contribution is 5.19. The fourth-order valence-corrected chi connectivity index (χ4v) is 1.35. The highest BCUT2D eigenvalue weighted by Gasteiger charge is 2.36. The molecule has 1 fully saturated rings. The smallest absolute Gasteiger partial charge is 0.131 e. The lowest BCUT2D eigenvalue weighted by molar-refractivity contribution is -0.0518. The molecule has 0 aliphatic carbocycles. The summed E-state index contributed by atoms with van der Waals surface area (Å²) in [5.74, 6) is 0. The van der Waals surface area contributed by atoms with Crippen molar-refractivity contribution in [1.82, 2.24) is 4.90 Å². The van der Waals surface area contributed by atoms with Gasteiger partial charge in [0.25, 0.3) is 0 Å². The number of aliphatic hydroxyl groups is 1. The van der Waals surface area contributed by atoms with Crippen LogP contribution < -0.4 is 0 Å². The second-order valence-corrected chi connectivity index (χ2v) is 2.86. The number of aliphatic hydroxyl groups excluding tert-OH is 1. The average Bonchev–Trinajstić information content (AvgIpc) is 1.98. The standard InChI is InChI=1S/C8H15NO/c1-4-5-9-7(3)6(2)8(9)10/h7-8,10H,2,4-5H2,1,3H3. The van der Waals surface area contributed by atoms with Crippen LogP contribution >= 0.6 is 0 Å². The largest absolute Gasteiger partial charge is 0.374 e. The minimum absolute atomic E-state index is 0.366. The molecule has 2 heteroatoms. The summed E-state index contributed by atoms with van der Waals surface area (Å²) >= 11 is 0. The molecule has 58 valence electrons. The maximum atomic E-state index is 9.30. The summed E-state index contributed by atoms with van der Waals surface area (Å²) in [6.45, 7) is 8.92. The van der Waals surface area contributed by atoms with Gasteiger partial charge in [0, 0.05) is 12.6 Å². The molecule has 1 aliphatic rings. The van der Waals surface area contributed by atoms with E-state index in [9.17, 15) is 5.11 Å². The quantitative estimate of drug-likeness (QED) is 0.579. The summed E-state index contributed by atoms with van der Waals surface area (Å²) in [5, 5.41) is 9.30. The van der Waals surface area contributed by atoms with Gasteiger partial charge < -0.3 is 5.11 Å². The zero-order chi connectivity index (χ0) is 7.72. The van der Waals surface area contributed by atoms with Gasteiger partial charge in [-0.15, -0.1) is 0 Å². The first-order valence-corrected chi connectivity index (χ1v) is 3.81. The van der Waals surface area contributed by atoms with Crippen LogP contribution in [0.1, 0.15) is 20.3 Å². The SMILES string of the molecule is C=C1C(C)N(CCC)C1O. The number of rotatable bonds is 2. The second kappa shape index (κ2) is 2.72. The monoisotopic (exact) mass is 141 g/mol. The molecule has 1 N–H and O–H groups in total. The Hall–Kier alpha value is -0.340. The van der Waals surface area contributed by atoms with Gasteiger partial charge in [-0.25, -0.2) is 0 Å². The molecule has 2 atom stereocenters. The normalized spacial score (nSPS) is 34.1. The van der Waals surface area contributed by atoms with Crippen LogP contribution in [-0.2, 0) is 0 Å². The molecule has 1 heterocycles. The van der Waals surface area contributed by atoms with Crippen molar-refractivity contribution in [2.24, 2.45) is 0 Å². The zero-order valence-corrected chi connectivity index (χ0v) is 6.67. The highest BCUT2D eigenvalue weighted by Crippen LogP contribution is 2.27. The Kier molecular flexibility index (Phi) is 2.11. The summed E-state index contributed by atoms with van der Waals surface area (Å²) in [5.41, 5.74) is 0.952. The van der Waals surface area contributed by atoms with Crippen LogP contribution in [0.5, 0.6) is 0 Å². The summed E-state index contributed by atoms with van der Waals surface area (Å²) in [6.07, 6.45) is 0.726. The van der Waals surface area contributed by atoms with Gasteiger partial charge in [0.2, 0.25) is 0 Å². The van der Waals surface area contributed by atoms with Crippen molar-refractivity contribution in [2.45, 2.75) is 32.5 Å². The molecule has 1 rings (SSSR count). The van der Waals surface area contributed by atoms with Crippen molar-refractivity contribution in [3.05, 3.63) is 12.2 Å². The molecule has 0 amide bonds. The van der Waals surface area contributed by atoms with Crippen molar-refractivity contribution in [2.75, 3.05) is 6.54 Å². The first-order valence-electron chi connectivity index (χ1n) is 3.81. The minimum Gasteiger partial charge on any atom is -0.374 e. The minimum atomic E-state index is -0.366. The molecule has 0 aromatic heterocycles. The van der Waals surface area contributed by atoms with E-state index in [1.54, 1.807) is 0 Å². The lowest BCUT2D eigenvalue weighted by Crippen LogP contribution is -2.56. The van der Waals surface area contributed by atoms with Crippen molar-refractivity contribution in [3.8, 4) is 0 Å². The van der Waals surface area contributed by atoms with Crippen molar-refractivity contribution in [3.63, 3.8) is 0 Å². The third kappa shape index (κ3) is 0.976. The van der Waals surface area contributed by atoms with Gasteiger partial charge in [-0.2, -0.15) is 0 Å². The van der Waals surface area contributed by atoms with Gasteiger partial charge in [-0.05, 0) is 18.9 Å². The Morgan fingerprint density at radius 2 is 2.30 bits per heavy atom. The zero-order valence-electron chi connectivity index (χ0n) is 6.67. The predicted molar refractivity (Wildman–Crippen MR) is 41.6 cm³/mol. The van der Waals surface area contributed by atoms with Crippen LogP contribution in [0.15, 0.2) is 12.2 Å². The second-order valence-electron chi connectivity index (χ2n) is 2.86. The maximum absolute atomic E-state index is 9.30. The topological polar surface area (TPSA) is 23.5 Å². The van der Waals surface area contributed by atoms with Crippen molar-refractivity contribution in [1.29, 1.82) is 0 Å². The van der Waals surface area contributed by atoms with E-state index in [0.717, 1.165) is 18.5 Å². The van der Waals surface area contributed by atoms with Crippen molar-refractivity contribution < 1.29 is 5.11 Å². The van der Waals surface area contributed by atoms with E-state index in [2.05, 4.69) is 20.4 Å². The van der Waals surface area contributed by atoms with Crippen LogP contribution in [0.3, 0.4) is 0 Å². The van der Waals surface area contributed by atoms with E-state index in [1.165, 1.54) is 0 Å². The summed E-state index contributed by atoms with van der Waals surface area (Å²) in [4.78, 5) is 2.04. The predicted octanol–water partition coefficient (Wildman–Crippen LogP) is 0.975. The molecular formula is C8H15NO. The molecule has 0 radical (unpaired) electrons. The van der Waals surface area contributed by atoms with Crippen LogP contribution in [0.25, 0.3) is 0 Å². The van der Waals surface area contributed by atoms with E-state index < -0.39 is 0 Å². The fourth-order valence-electron chi connectivity index (χ4n) is 1.35. The van der Waals surface area contributed by atoms with E-state index in [1.807, 2.05) is 4.90 Å². The van der Waals surface area contributed by atoms with Gasteiger partial charge in [0.15, 0.2) is 0 Å². The van der Waals surface area contributed by atoms with Gasteiger partial charge in [0.1, 0.15) is 6.23 Å². The molecule has 0 aromatic rings. The molecular weight excluding hydrogens is 126 g/mol. The first-order chi connectivity index (χ1) is 4.68. The Morgan fingerprint density at radius 3 is 2.70 bits per heavy atom. The van der Waals surface area contributed by atoms with E-state index in [-0.39, 0.29) is 6.23 Å². The third-order valence-corrected chi connectivity index (χ3v) is 2.16. The molecule has 0 bridgehead atoms. The Bertz CT molecular complexity index is 132. The van der Waals surface area contributed by atoms with Crippen LogP contribution in [-0.4, -0.2) is 28.8 Å². The van der Waals surface area contributed by atoms with Crippen LogP contribution in [0.4, 0.5) is 0 Å². The number of hydrogen-bond donors (Lipinski definition) is 1.